The van der Waals surface area contributed by atoms with E-state index >= 15 is 0 Å². The molecule has 17 heavy (non-hydrogen) atoms. The first kappa shape index (κ1) is 13.1. The molecule has 0 radical (unpaired) electrons. The number of nitrogens with two attached hydrogens (primary N) is 1. The zero-order chi connectivity index (χ0) is 12.7. The zero-order valence-corrected chi connectivity index (χ0v) is 9.55. The van der Waals surface area contributed by atoms with Crippen molar-refractivity contribution in [3.63, 3.8) is 0 Å². The molecule has 1 heterocycles. The molecule has 0 aliphatic carbocycles. The molecule has 1 aromatic rings. The molecule has 1 amide bonds. The Bertz CT molecular complexity index is 390. The maximum atomic E-state index is 11.5. The SMILES string of the molecule is COC(=O)CCNC(=O)c1cn(CCN)nn1. The van der Waals surface area contributed by atoms with E-state index in [1.54, 1.807) is 0 Å². The third-order valence-corrected chi connectivity index (χ3v) is 1.97. The van der Waals surface area contributed by atoms with E-state index in [0.29, 0.717) is 13.1 Å². The topological polar surface area (TPSA) is 112 Å². The van der Waals surface area contributed by atoms with E-state index in [9.17, 15) is 9.59 Å². The minimum absolute atomic E-state index is 0.124. The molecule has 0 spiro atoms. The first-order chi connectivity index (χ1) is 8.17. The fraction of sp³-hybridized carbons (Fsp3) is 0.556. The van der Waals surface area contributed by atoms with Crippen molar-refractivity contribution in [2.75, 3.05) is 20.2 Å². The second-order valence-electron chi connectivity index (χ2n) is 3.24. The molecule has 0 bridgehead atoms. The van der Waals surface area contributed by atoms with Gasteiger partial charge in [0, 0.05) is 13.1 Å². The third-order valence-electron chi connectivity index (χ3n) is 1.97. The smallest absolute Gasteiger partial charge is 0.307 e. The predicted octanol–water partition coefficient (Wildman–Crippen LogP) is -1.47. The van der Waals surface area contributed by atoms with Crippen LogP contribution in [0.15, 0.2) is 6.20 Å². The molecule has 1 rings (SSSR count). The van der Waals surface area contributed by atoms with E-state index in [1.807, 2.05) is 0 Å². The van der Waals surface area contributed by atoms with Crippen LogP contribution < -0.4 is 11.1 Å². The van der Waals surface area contributed by atoms with E-state index in [0.717, 1.165) is 0 Å². The minimum atomic E-state index is -0.378. The van der Waals surface area contributed by atoms with Crippen LogP contribution in [-0.2, 0) is 16.1 Å². The predicted molar refractivity (Wildman–Crippen MR) is 58.0 cm³/mol. The Morgan fingerprint density at radius 3 is 3.00 bits per heavy atom. The van der Waals surface area contributed by atoms with Crippen LogP contribution in [0.3, 0.4) is 0 Å². The molecule has 94 valence electrons. The van der Waals surface area contributed by atoms with Crippen molar-refractivity contribution in [1.29, 1.82) is 0 Å². The highest BCUT2D eigenvalue weighted by Crippen LogP contribution is 1.93. The standard InChI is InChI=1S/C9H15N5O3/c1-17-8(15)2-4-11-9(16)7-6-14(5-3-10)13-12-7/h6H,2-5,10H2,1H3,(H,11,16). The highest BCUT2D eigenvalue weighted by atomic mass is 16.5. The summed E-state index contributed by atoms with van der Waals surface area (Å²) in [6.45, 7) is 1.13. The lowest BCUT2D eigenvalue weighted by atomic mass is 10.4. The molecular weight excluding hydrogens is 226 g/mol. The van der Waals surface area contributed by atoms with Gasteiger partial charge < -0.3 is 15.8 Å². The van der Waals surface area contributed by atoms with Crippen LogP contribution in [0.2, 0.25) is 0 Å². The summed E-state index contributed by atoms with van der Waals surface area (Å²) >= 11 is 0. The van der Waals surface area contributed by atoms with Gasteiger partial charge >= 0.3 is 5.97 Å². The van der Waals surface area contributed by atoms with Gasteiger partial charge in [-0.2, -0.15) is 0 Å². The van der Waals surface area contributed by atoms with Crippen LogP contribution in [-0.4, -0.2) is 47.1 Å². The summed E-state index contributed by atoms with van der Waals surface area (Å²) in [5, 5.41) is 9.94. The molecule has 0 fully saturated rings. The third kappa shape index (κ3) is 4.19. The van der Waals surface area contributed by atoms with Gasteiger partial charge in [0.15, 0.2) is 5.69 Å². The Balaban J connectivity index is 2.38. The van der Waals surface area contributed by atoms with Crippen LogP contribution in [0.4, 0.5) is 0 Å². The van der Waals surface area contributed by atoms with Crippen molar-refractivity contribution in [2.24, 2.45) is 5.73 Å². The van der Waals surface area contributed by atoms with Gasteiger partial charge in [-0.05, 0) is 0 Å². The van der Waals surface area contributed by atoms with Crippen LogP contribution >= 0.6 is 0 Å². The van der Waals surface area contributed by atoms with Crippen molar-refractivity contribution in [1.82, 2.24) is 20.3 Å². The number of nitrogens with one attached hydrogen (secondary N) is 1. The molecule has 0 aromatic carbocycles. The number of ether oxygens (including phenoxy) is 1. The van der Waals surface area contributed by atoms with Crippen LogP contribution in [0.5, 0.6) is 0 Å². The van der Waals surface area contributed by atoms with Crippen molar-refractivity contribution in [3.8, 4) is 0 Å². The second kappa shape index (κ2) is 6.59. The van der Waals surface area contributed by atoms with Gasteiger partial charge in [-0.15, -0.1) is 5.10 Å². The van der Waals surface area contributed by atoms with E-state index in [-0.39, 0.29) is 30.5 Å². The van der Waals surface area contributed by atoms with E-state index in [4.69, 9.17) is 5.73 Å². The number of nitrogens with zero attached hydrogens (tertiary/aromatic N) is 3. The second-order valence-corrected chi connectivity index (χ2v) is 3.24. The Hall–Kier alpha value is -1.96. The summed E-state index contributed by atoms with van der Waals surface area (Å²) in [4.78, 5) is 22.3. The molecule has 0 unspecified atom stereocenters. The fourth-order valence-electron chi connectivity index (χ4n) is 1.11. The van der Waals surface area contributed by atoms with Gasteiger partial charge in [0.25, 0.3) is 5.91 Å². The number of hydrogen-bond acceptors (Lipinski definition) is 6. The normalized spacial score (nSPS) is 10.0. The highest BCUT2D eigenvalue weighted by Gasteiger charge is 2.10. The average Bonchev–Trinajstić information content (AvgIpc) is 2.78. The van der Waals surface area contributed by atoms with Gasteiger partial charge in [-0.3, -0.25) is 14.3 Å². The lowest BCUT2D eigenvalue weighted by molar-refractivity contribution is -0.140. The number of rotatable bonds is 6. The summed E-state index contributed by atoms with van der Waals surface area (Å²) < 4.78 is 5.92. The van der Waals surface area contributed by atoms with Gasteiger partial charge in [0.05, 0.1) is 26.3 Å². The molecule has 8 nitrogen and oxygen atoms in total. The quantitative estimate of drug-likeness (QED) is 0.588. The highest BCUT2D eigenvalue weighted by molar-refractivity contribution is 5.92. The van der Waals surface area contributed by atoms with Crippen LogP contribution in [0.25, 0.3) is 0 Å². The van der Waals surface area contributed by atoms with E-state index < -0.39 is 0 Å². The summed E-state index contributed by atoms with van der Waals surface area (Å²) in [7, 11) is 1.29. The van der Waals surface area contributed by atoms with Crippen LogP contribution in [0, 0.1) is 0 Å². The summed E-state index contributed by atoms with van der Waals surface area (Å²) in [5.74, 6) is -0.755. The fourth-order valence-corrected chi connectivity index (χ4v) is 1.11. The van der Waals surface area contributed by atoms with E-state index in [2.05, 4.69) is 20.4 Å². The summed E-state index contributed by atoms with van der Waals surface area (Å²) in [6.07, 6.45) is 1.62. The minimum Gasteiger partial charge on any atom is -0.469 e. The molecular formula is C9H15N5O3. The van der Waals surface area contributed by atoms with Gasteiger partial charge in [-0.1, -0.05) is 5.21 Å². The molecule has 0 aliphatic heterocycles. The summed E-state index contributed by atoms with van der Waals surface area (Å²) in [6, 6.07) is 0. The van der Waals surface area contributed by atoms with Gasteiger partial charge in [0.1, 0.15) is 0 Å². The molecule has 8 heteroatoms. The zero-order valence-electron chi connectivity index (χ0n) is 9.55. The number of hydrogen-bond donors (Lipinski definition) is 2. The van der Waals surface area contributed by atoms with Crippen molar-refractivity contribution in [2.45, 2.75) is 13.0 Å². The Kier molecular flexibility index (Phi) is 5.08. The van der Waals surface area contributed by atoms with Crippen LogP contribution in [0.1, 0.15) is 16.9 Å². The lowest BCUT2D eigenvalue weighted by Gasteiger charge is -2.01. The Morgan fingerprint density at radius 2 is 2.35 bits per heavy atom. The number of carbonyl (C=O) groups is 2. The molecule has 1 aromatic heterocycles. The molecule has 0 saturated carbocycles. The number of aromatic nitrogens is 3. The molecule has 0 atom stereocenters. The molecule has 3 N–H and O–H groups in total. The largest absolute Gasteiger partial charge is 0.469 e. The van der Waals surface area contributed by atoms with Gasteiger partial charge in [0.2, 0.25) is 0 Å². The maximum Gasteiger partial charge on any atom is 0.307 e. The monoisotopic (exact) mass is 241 g/mol. The molecule has 0 aliphatic rings. The van der Waals surface area contributed by atoms with Crippen molar-refractivity contribution >= 4 is 11.9 Å². The first-order valence-electron chi connectivity index (χ1n) is 5.12. The molecule has 0 saturated heterocycles. The average molecular weight is 241 g/mol. The van der Waals surface area contributed by atoms with Gasteiger partial charge in [-0.25, -0.2) is 0 Å². The number of amides is 1. The first-order valence-corrected chi connectivity index (χ1v) is 5.12. The van der Waals surface area contributed by atoms with E-state index in [1.165, 1.54) is 18.0 Å². The lowest BCUT2D eigenvalue weighted by Crippen LogP contribution is -2.26. The summed E-state index contributed by atoms with van der Waals surface area (Å²) in [5.41, 5.74) is 5.53. The Labute approximate surface area is 98.1 Å². The number of esters is 1. The number of carbonyl (C=O) groups excluding carboxylic acids is 2. The number of methoxy groups -OCH3 is 1. The van der Waals surface area contributed by atoms with Crippen molar-refractivity contribution in [3.05, 3.63) is 11.9 Å². The Morgan fingerprint density at radius 1 is 1.59 bits per heavy atom. The maximum absolute atomic E-state index is 11.5. The van der Waals surface area contributed by atoms with Crippen molar-refractivity contribution < 1.29 is 14.3 Å².